The van der Waals surface area contributed by atoms with Crippen LogP contribution in [0.1, 0.15) is 13.8 Å². The predicted molar refractivity (Wildman–Crippen MR) is 105 cm³/mol. The zero-order chi connectivity index (χ0) is 19.1. The number of anilines is 1. The fourth-order valence-corrected chi connectivity index (χ4v) is 4.02. The van der Waals surface area contributed by atoms with E-state index in [1.165, 1.54) is 0 Å². The van der Waals surface area contributed by atoms with Gasteiger partial charge in [0.15, 0.2) is 12.6 Å². The number of ether oxygens (including phenoxy) is 1. The average molecular weight is 384 g/mol. The third-order valence-electron chi connectivity index (χ3n) is 4.95. The predicted octanol–water partition coefficient (Wildman–Crippen LogP) is 3.07. The van der Waals surface area contributed by atoms with Crippen molar-refractivity contribution in [3.8, 4) is 17.0 Å². The number of aromatic nitrogens is 2. The number of benzene rings is 2. The van der Waals surface area contributed by atoms with Gasteiger partial charge in [-0.1, -0.05) is 28.4 Å². The Morgan fingerprint density at radius 2 is 1.78 bits per heavy atom. The van der Waals surface area contributed by atoms with Crippen molar-refractivity contribution < 1.29 is 14.5 Å². The number of rotatable bonds is 2. The van der Waals surface area contributed by atoms with E-state index in [4.69, 9.17) is 16.3 Å². The minimum absolute atomic E-state index is 0.0635. The van der Waals surface area contributed by atoms with E-state index in [-0.39, 0.29) is 18.0 Å². The Kier molecular flexibility index (Phi) is 4.66. The lowest BCUT2D eigenvalue weighted by Gasteiger charge is -2.36. The van der Waals surface area contributed by atoms with Crippen LogP contribution in [0.15, 0.2) is 42.5 Å². The maximum atomic E-state index is 13.0. The van der Waals surface area contributed by atoms with Crippen molar-refractivity contribution in [1.29, 1.82) is 0 Å². The summed E-state index contributed by atoms with van der Waals surface area (Å²) in [4.78, 5) is 2.32. The first-order valence-corrected chi connectivity index (χ1v) is 9.48. The molecule has 0 bridgehead atoms. The molecule has 1 aliphatic heterocycles. The second kappa shape index (κ2) is 6.98. The molecule has 0 aliphatic carbocycles. The molecular formula is C21H22ClN3O2. The van der Waals surface area contributed by atoms with Crippen LogP contribution >= 0.6 is 11.6 Å². The lowest BCUT2D eigenvalue weighted by molar-refractivity contribution is -0.719. The summed E-state index contributed by atoms with van der Waals surface area (Å²) in [6.07, 6.45) is 0.405. The Bertz CT molecular complexity index is 981. The SMILES string of the molecule is C[C@@H]1CN(c2ccc(-c3c([O-])c4cccc(Cl)c4n[n+]3C)cc2)C[C@H](C)O1. The number of fused-ring (bicyclic) bond motifs is 1. The lowest BCUT2D eigenvalue weighted by atomic mass is 10.1. The molecule has 27 heavy (non-hydrogen) atoms. The molecule has 2 atom stereocenters. The minimum Gasteiger partial charge on any atom is -0.867 e. The molecule has 0 spiro atoms. The molecule has 2 aromatic carbocycles. The lowest BCUT2D eigenvalue weighted by Crippen LogP contribution is -2.45. The molecule has 0 unspecified atom stereocenters. The molecule has 0 radical (unpaired) electrons. The van der Waals surface area contributed by atoms with Crippen molar-refractivity contribution in [1.82, 2.24) is 5.10 Å². The van der Waals surface area contributed by atoms with Gasteiger partial charge in [0.25, 0.3) is 0 Å². The van der Waals surface area contributed by atoms with Crippen LogP contribution in [-0.2, 0) is 11.8 Å². The maximum Gasteiger partial charge on any atom is 0.231 e. The molecule has 0 amide bonds. The molecular weight excluding hydrogens is 362 g/mol. The van der Waals surface area contributed by atoms with E-state index in [0.717, 1.165) is 24.3 Å². The van der Waals surface area contributed by atoms with Gasteiger partial charge < -0.3 is 14.7 Å². The van der Waals surface area contributed by atoms with Gasteiger partial charge in [-0.25, -0.2) is 0 Å². The monoisotopic (exact) mass is 383 g/mol. The van der Waals surface area contributed by atoms with Gasteiger partial charge in [0.2, 0.25) is 5.69 Å². The minimum atomic E-state index is -0.0635. The van der Waals surface area contributed by atoms with Crippen molar-refractivity contribution in [2.45, 2.75) is 26.1 Å². The molecule has 0 N–H and O–H groups in total. The molecule has 1 aromatic heterocycles. The van der Waals surface area contributed by atoms with E-state index >= 15 is 0 Å². The second-order valence-corrected chi connectivity index (χ2v) is 7.55. The normalized spacial score (nSPS) is 20.2. The summed E-state index contributed by atoms with van der Waals surface area (Å²) in [6.45, 7) is 5.90. The summed E-state index contributed by atoms with van der Waals surface area (Å²) >= 11 is 6.20. The number of halogens is 1. The Labute approximate surface area is 163 Å². The van der Waals surface area contributed by atoms with Crippen LogP contribution in [0.25, 0.3) is 22.2 Å². The highest BCUT2D eigenvalue weighted by atomic mass is 35.5. The van der Waals surface area contributed by atoms with Gasteiger partial charge in [-0.3, -0.25) is 0 Å². The van der Waals surface area contributed by atoms with Crippen LogP contribution in [0, 0.1) is 0 Å². The molecule has 5 nitrogen and oxygen atoms in total. The van der Waals surface area contributed by atoms with Gasteiger partial charge >= 0.3 is 0 Å². The number of hydrogen-bond acceptors (Lipinski definition) is 4. The van der Waals surface area contributed by atoms with Crippen LogP contribution < -0.4 is 14.7 Å². The molecule has 1 saturated heterocycles. The summed E-state index contributed by atoms with van der Waals surface area (Å²) in [5.74, 6) is -0.0635. The summed E-state index contributed by atoms with van der Waals surface area (Å²) in [7, 11) is 1.78. The summed E-state index contributed by atoms with van der Waals surface area (Å²) in [5.41, 5.74) is 3.06. The maximum absolute atomic E-state index is 13.0. The van der Waals surface area contributed by atoms with Gasteiger partial charge in [0.1, 0.15) is 0 Å². The fourth-order valence-electron chi connectivity index (χ4n) is 3.81. The first kappa shape index (κ1) is 18.0. The molecule has 140 valence electrons. The van der Waals surface area contributed by atoms with Crippen LogP contribution in [0.2, 0.25) is 5.02 Å². The van der Waals surface area contributed by atoms with Crippen molar-refractivity contribution in [3.63, 3.8) is 0 Å². The zero-order valence-electron chi connectivity index (χ0n) is 15.6. The van der Waals surface area contributed by atoms with E-state index in [1.807, 2.05) is 12.1 Å². The van der Waals surface area contributed by atoms with Gasteiger partial charge in [0, 0.05) is 34.8 Å². The van der Waals surface area contributed by atoms with Crippen LogP contribution in [0.5, 0.6) is 5.75 Å². The Morgan fingerprint density at radius 1 is 1.11 bits per heavy atom. The highest BCUT2D eigenvalue weighted by Gasteiger charge is 2.23. The summed E-state index contributed by atoms with van der Waals surface area (Å²) in [5, 5.41) is 18.6. The first-order valence-electron chi connectivity index (χ1n) is 9.10. The summed E-state index contributed by atoms with van der Waals surface area (Å²) in [6, 6.07) is 13.4. The van der Waals surface area contributed by atoms with E-state index < -0.39 is 0 Å². The Hall–Kier alpha value is -2.37. The van der Waals surface area contributed by atoms with Gasteiger partial charge in [-0.05, 0) is 49.9 Å². The standard InChI is InChI=1S/C21H22ClN3O2/c1-13-11-25(12-14(2)27-13)16-9-7-15(8-10-16)20-21(26)17-5-4-6-18(22)19(17)23-24(20)3/h4-10,13-14H,11-12H2,1-3H3/t13-,14+. The highest BCUT2D eigenvalue weighted by Crippen LogP contribution is 2.33. The van der Waals surface area contributed by atoms with Crippen molar-refractivity contribution in [3.05, 3.63) is 47.5 Å². The molecule has 4 rings (SSSR count). The fraction of sp³-hybridized carbons (Fsp3) is 0.333. The topological polar surface area (TPSA) is 52.3 Å². The third-order valence-corrected chi connectivity index (χ3v) is 5.25. The van der Waals surface area contributed by atoms with Gasteiger partial charge in [-0.2, -0.15) is 0 Å². The Balaban J connectivity index is 1.72. The first-order chi connectivity index (χ1) is 12.9. The molecule has 1 fully saturated rings. The van der Waals surface area contributed by atoms with Crippen molar-refractivity contribution >= 4 is 28.2 Å². The molecule has 3 aromatic rings. The largest absolute Gasteiger partial charge is 0.867 e. The van der Waals surface area contributed by atoms with Crippen LogP contribution in [-0.4, -0.2) is 30.4 Å². The molecule has 2 heterocycles. The van der Waals surface area contributed by atoms with Crippen molar-refractivity contribution in [2.75, 3.05) is 18.0 Å². The van der Waals surface area contributed by atoms with E-state index in [9.17, 15) is 5.11 Å². The quantitative estimate of drug-likeness (QED) is 0.638. The summed E-state index contributed by atoms with van der Waals surface area (Å²) < 4.78 is 7.42. The second-order valence-electron chi connectivity index (χ2n) is 7.15. The number of hydrogen-bond donors (Lipinski definition) is 0. The number of morpholine rings is 1. The highest BCUT2D eigenvalue weighted by molar-refractivity contribution is 6.35. The smallest absolute Gasteiger partial charge is 0.231 e. The Morgan fingerprint density at radius 3 is 2.44 bits per heavy atom. The van der Waals surface area contributed by atoms with E-state index in [2.05, 4.69) is 36.0 Å². The van der Waals surface area contributed by atoms with E-state index in [0.29, 0.717) is 21.6 Å². The zero-order valence-corrected chi connectivity index (χ0v) is 16.4. The molecule has 1 aliphatic rings. The average Bonchev–Trinajstić information content (AvgIpc) is 2.62. The van der Waals surface area contributed by atoms with Crippen LogP contribution in [0.4, 0.5) is 5.69 Å². The molecule has 6 heteroatoms. The molecule has 0 saturated carbocycles. The number of nitrogens with zero attached hydrogens (tertiary/aromatic N) is 3. The third kappa shape index (κ3) is 3.33. The van der Waals surface area contributed by atoms with E-state index in [1.54, 1.807) is 29.9 Å². The van der Waals surface area contributed by atoms with Crippen LogP contribution in [0.3, 0.4) is 0 Å². The number of aryl methyl sites for hydroxylation is 1. The van der Waals surface area contributed by atoms with Crippen molar-refractivity contribution in [2.24, 2.45) is 7.05 Å². The van der Waals surface area contributed by atoms with Gasteiger partial charge in [0.05, 0.1) is 17.2 Å². The van der Waals surface area contributed by atoms with Gasteiger partial charge in [-0.15, -0.1) is 0 Å².